The Bertz CT molecular complexity index is 919. The summed E-state index contributed by atoms with van der Waals surface area (Å²) in [5.74, 6) is -0.422. The van der Waals surface area contributed by atoms with E-state index in [1.165, 1.54) is 30.0 Å². The van der Waals surface area contributed by atoms with Gasteiger partial charge in [-0.05, 0) is 18.2 Å². The Balaban J connectivity index is 1.57. The SMILES string of the molecule is O=C(CSc1nc2ccccc2[nH]1)N/N=C\c1ccccc1C(F)(F)F. The number of para-hydroxylation sites is 2. The lowest BCUT2D eigenvalue weighted by Gasteiger charge is -2.09. The van der Waals surface area contributed by atoms with Gasteiger partial charge in [0.2, 0.25) is 0 Å². The predicted molar refractivity (Wildman–Crippen MR) is 94.0 cm³/mol. The lowest BCUT2D eigenvalue weighted by Crippen LogP contribution is -2.20. The number of carbonyl (C=O) groups excluding carboxylic acids is 1. The predicted octanol–water partition coefficient (Wildman–Crippen LogP) is 3.82. The first-order valence-electron chi connectivity index (χ1n) is 7.49. The number of alkyl halides is 3. The molecule has 0 unspecified atom stereocenters. The number of halogens is 3. The third kappa shape index (κ3) is 4.42. The van der Waals surface area contributed by atoms with Crippen LogP contribution in [0.5, 0.6) is 0 Å². The lowest BCUT2D eigenvalue weighted by atomic mass is 10.1. The molecule has 0 radical (unpaired) electrons. The first kappa shape index (κ1) is 18.0. The van der Waals surface area contributed by atoms with Crippen LogP contribution >= 0.6 is 11.8 Å². The molecule has 134 valence electrons. The number of rotatable bonds is 5. The van der Waals surface area contributed by atoms with Crippen LogP contribution in [0.15, 0.2) is 58.8 Å². The highest BCUT2D eigenvalue weighted by Gasteiger charge is 2.32. The standard InChI is InChI=1S/C17H13F3N4OS/c18-17(19,20)12-6-2-1-5-11(12)9-21-24-15(25)10-26-16-22-13-7-3-4-8-14(13)23-16/h1-9H,10H2,(H,22,23)(H,24,25)/b21-9-. The van der Waals surface area contributed by atoms with Crippen molar-refractivity contribution in [1.82, 2.24) is 15.4 Å². The van der Waals surface area contributed by atoms with Crippen molar-refractivity contribution >= 4 is 34.9 Å². The van der Waals surface area contributed by atoms with E-state index in [-0.39, 0.29) is 11.3 Å². The molecule has 26 heavy (non-hydrogen) atoms. The Labute approximate surface area is 150 Å². The summed E-state index contributed by atoms with van der Waals surface area (Å²) in [4.78, 5) is 19.2. The van der Waals surface area contributed by atoms with E-state index >= 15 is 0 Å². The maximum atomic E-state index is 12.9. The van der Waals surface area contributed by atoms with Gasteiger partial charge >= 0.3 is 6.18 Å². The molecule has 0 bridgehead atoms. The van der Waals surface area contributed by atoms with Crippen LogP contribution in [0.2, 0.25) is 0 Å². The van der Waals surface area contributed by atoms with E-state index in [0.717, 1.165) is 23.3 Å². The van der Waals surface area contributed by atoms with Gasteiger partial charge in [0.05, 0.1) is 28.6 Å². The maximum Gasteiger partial charge on any atom is 0.417 e. The molecular weight excluding hydrogens is 365 g/mol. The summed E-state index contributed by atoms with van der Waals surface area (Å²) >= 11 is 1.18. The lowest BCUT2D eigenvalue weighted by molar-refractivity contribution is -0.137. The van der Waals surface area contributed by atoms with E-state index in [0.29, 0.717) is 5.16 Å². The van der Waals surface area contributed by atoms with Gasteiger partial charge in [-0.1, -0.05) is 42.1 Å². The minimum atomic E-state index is -4.48. The van der Waals surface area contributed by atoms with E-state index in [1.54, 1.807) is 0 Å². The zero-order valence-electron chi connectivity index (χ0n) is 13.2. The number of fused-ring (bicyclic) bond motifs is 1. The van der Waals surface area contributed by atoms with Crippen molar-refractivity contribution < 1.29 is 18.0 Å². The highest BCUT2D eigenvalue weighted by molar-refractivity contribution is 7.99. The molecule has 0 aliphatic carbocycles. The van der Waals surface area contributed by atoms with Gasteiger partial charge in [-0.25, -0.2) is 10.4 Å². The molecule has 5 nitrogen and oxygen atoms in total. The van der Waals surface area contributed by atoms with E-state index in [9.17, 15) is 18.0 Å². The highest BCUT2D eigenvalue weighted by Crippen LogP contribution is 2.31. The monoisotopic (exact) mass is 378 g/mol. The van der Waals surface area contributed by atoms with E-state index in [4.69, 9.17) is 0 Å². The number of thioether (sulfide) groups is 1. The summed E-state index contributed by atoms with van der Waals surface area (Å²) in [6, 6.07) is 12.4. The molecule has 2 aromatic carbocycles. The number of hydrogen-bond donors (Lipinski definition) is 2. The second-order valence-electron chi connectivity index (χ2n) is 5.23. The minimum Gasteiger partial charge on any atom is -0.333 e. The van der Waals surface area contributed by atoms with Crippen LogP contribution in [-0.2, 0) is 11.0 Å². The fraction of sp³-hybridized carbons (Fsp3) is 0.118. The summed E-state index contributed by atoms with van der Waals surface area (Å²) in [5.41, 5.74) is 2.93. The number of aromatic nitrogens is 2. The normalized spacial score (nSPS) is 12.0. The van der Waals surface area contributed by atoms with Gasteiger partial charge in [0.25, 0.3) is 5.91 Å². The molecule has 0 saturated heterocycles. The molecule has 0 saturated carbocycles. The Kier molecular flexibility index (Phi) is 5.27. The van der Waals surface area contributed by atoms with Gasteiger partial charge < -0.3 is 4.98 Å². The average molecular weight is 378 g/mol. The number of carbonyl (C=O) groups is 1. The number of nitrogens with zero attached hydrogens (tertiary/aromatic N) is 2. The fourth-order valence-corrected chi connectivity index (χ4v) is 2.88. The van der Waals surface area contributed by atoms with Gasteiger partial charge in [0.15, 0.2) is 5.16 Å². The Hall–Kier alpha value is -2.81. The summed E-state index contributed by atoms with van der Waals surface area (Å²) in [7, 11) is 0. The molecule has 1 heterocycles. The second kappa shape index (κ2) is 7.61. The van der Waals surface area contributed by atoms with Crippen molar-refractivity contribution in [2.24, 2.45) is 5.10 Å². The fourth-order valence-electron chi connectivity index (χ4n) is 2.21. The van der Waals surface area contributed by atoms with Crippen LogP contribution in [0.4, 0.5) is 13.2 Å². The number of H-pyrrole nitrogens is 1. The van der Waals surface area contributed by atoms with Crippen molar-refractivity contribution in [3.05, 3.63) is 59.7 Å². The van der Waals surface area contributed by atoms with Crippen LogP contribution in [0.3, 0.4) is 0 Å². The number of imidazole rings is 1. The van der Waals surface area contributed by atoms with Crippen LogP contribution in [0, 0.1) is 0 Å². The van der Waals surface area contributed by atoms with Crippen molar-refractivity contribution in [3.8, 4) is 0 Å². The molecule has 0 atom stereocenters. The minimum absolute atomic E-state index is 0.0259. The Morgan fingerprint density at radius 1 is 1.19 bits per heavy atom. The van der Waals surface area contributed by atoms with Gasteiger partial charge in [-0.2, -0.15) is 18.3 Å². The zero-order chi connectivity index (χ0) is 18.6. The van der Waals surface area contributed by atoms with Crippen molar-refractivity contribution in [2.45, 2.75) is 11.3 Å². The van der Waals surface area contributed by atoms with E-state index in [2.05, 4.69) is 20.5 Å². The third-order valence-corrected chi connectivity index (χ3v) is 4.24. The molecule has 1 amide bonds. The summed E-state index contributed by atoms with van der Waals surface area (Å²) in [6.07, 6.45) is -3.50. The summed E-state index contributed by atoms with van der Waals surface area (Å²) in [5, 5.41) is 4.18. The van der Waals surface area contributed by atoms with Gasteiger partial charge in [0, 0.05) is 5.56 Å². The van der Waals surface area contributed by atoms with Gasteiger partial charge in [0.1, 0.15) is 0 Å². The maximum absolute atomic E-state index is 12.9. The van der Waals surface area contributed by atoms with Crippen molar-refractivity contribution in [2.75, 3.05) is 5.75 Å². The number of nitrogens with one attached hydrogen (secondary N) is 2. The molecule has 0 spiro atoms. The molecule has 3 rings (SSSR count). The Morgan fingerprint density at radius 2 is 1.92 bits per heavy atom. The number of aromatic amines is 1. The van der Waals surface area contributed by atoms with Gasteiger partial charge in [-0.3, -0.25) is 4.79 Å². The quantitative estimate of drug-likeness (QED) is 0.403. The molecule has 3 aromatic rings. The second-order valence-corrected chi connectivity index (χ2v) is 6.19. The first-order chi connectivity index (χ1) is 12.4. The molecule has 9 heteroatoms. The van der Waals surface area contributed by atoms with Crippen LogP contribution in [-0.4, -0.2) is 27.8 Å². The largest absolute Gasteiger partial charge is 0.417 e. The number of hydrogen-bond acceptors (Lipinski definition) is 4. The summed E-state index contributed by atoms with van der Waals surface area (Å²) in [6.45, 7) is 0. The van der Waals surface area contributed by atoms with Crippen LogP contribution < -0.4 is 5.43 Å². The van der Waals surface area contributed by atoms with E-state index < -0.39 is 17.6 Å². The molecule has 1 aromatic heterocycles. The molecule has 0 aliphatic rings. The van der Waals surface area contributed by atoms with Crippen molar-refractivity contribution in [1.29, 1.82) is 0 Å². The topological polar surface area (TPSA) is 70.1 Å². The highest BCUT2D eigenvalue weighted by atomic mass is 32.2. The number of benzene rings is 2. The van der Waals surface area contributed by atoms with E-state index in [1.807, 2.05) is 24.3 Å². The summed E-state index contributed by atoms with van der Waals surface area (Å²) < 4.78 is 38.6. The Morgan fingerprint density at radius 3 is 2.69 bits per heavy atom. The molecule has 0 aliphatic heterocycles. The number of hydrazone groups is 1. The first-order valence-corrected chi connectivity index (χ1v) is 8.48. The molecule has 2 N–H and O–H groups in total. The molecular formula is C17H13F3N4OS. The van der Waals surface area contributed by atoms with Crippen LogP contribution in [0.25, 0.3) is 11.0 Å². The van der Waals surface area contributed by atoms with Crippen LogP contribution in [0.1, 0.15) is 11.1 Å². The smallest absolute Gasteiger partial charge is 0.333 e. The average Bonchev–Trinajstić information content (AvgIpc) is 3.02. The van der Waals surface area contributed by atoms with Gasteiger partial charge in [-0.15, -0.1) is 0 Å². The number of amides is 1. The zero-order valence-corrected chi connectivity index (χ0v) is 14.1. The third-order valence-electron chi connectivity index (χ3n) is 3.37. The molecule has 0 fully saturated rings. The van der Waals surface area contributed by atoms with Crippen molar-refractivity contribution in [3.63, 3.8) is 0 Å².